The third-order valence-corrected chi connectivity index (χ3v) is 3.83. The van der Waals surface area contributed by atoms with Gasteiger partial charge in [-0.25, -0.2) is 4.79 Å². The molecule has 1 fully saturated rings. The molecule has 1 aromatic rings. The van der Waals surface area contributed by atoms with Crippen LogP contribution >= 0.6 is 0 Å². The highest BCUT2D eigenvalue weighted by molar-refractivity contribution is 5.67. The van der Waals surface area contributed by atoms with Gasteiger partial charge < -0.3 is 15.0 Å². The van der Waals surface area contributed by atoms with Crippen LogP contribution in [0.25, 0.3) is 0 Å². The van der Waals surface area contributed by atoms with Crippen molar-refractivity contribution in [2.75, 3.05) is 19.6 Å². The zero-order valence-electron chi connectivity index (χ0n) is 12.3. The molecule has 0 spiro atoms. The van der Waals surface area contributed by atoms with Gasteiger partial charge in [-0.1, -0.05) is 44.2 Å². The van der Waals surface area contributed by atoms with Crippen LogP contribution in [0.2, 0.25) is 0 Å². The van der Waals surface area contributed by atoms with Crippen molar-refractivity contribution in [1.82, 2.24) is 10.2 Å². The number of amides is 1. The molecule has 0 bridgehead atoms. The fourth-order valence-corrected chi connectivity index (χ4v) is 2.69. The topological polar surface area (TPSA) is 41.6 Å². The second kappa shape index (κ2) is 7.29. The Morgan fingerprint density at radius 2 is 2.15 bits per heavy atom. The maximum atomic E-state index is 12.1. The number of benzene rings is 1. The highest BCUT2D eigenvalue weighted by atomic mass is 16.6. The molecule has 1 aliphatic rings. The summed E-state index contributed by atoms with van der Waals surface area (Å²) in [6.45, 7) is 7.17. The molecule has 4 nitrogen and oxygen atoms in total. The van der Waals surface area contributed by atoms with E-state index in [0.29, 0.717) is 18.6 Å². The van der Waals surface area contributed by atoms with Gasteiger partial charge in [0.15, 0.2) is 0 Å². The predicted molar refractivity (Wildman–Crippen MR) is 79.4 cm³/mol. The minimum Gasteiger partial charge on any atom is -0.445 e. The molecule has 1 heterocycles. The van der Waals surface area contributed by atoms with Gasteiger partial charge in [0, 0.05) is 19.1 Å². The molecule has 20 heavy (non-hydrogen) atoms. The molecule has 2 unspecified atom stereocenters. The first-order valence-electron chi connectivity index (χ1n) is 7.39. The van der Waals surface area contributed by atoms with Crippen molar-refractivity contribution in [3.05, 3.63) is 35.9 Å². The first-order chi connectivity index (χ1) is 9.70. The third kappa shape index (κ3) is 3.97. The van der Waals surface area contributed by atoms with E-state index in [0.717, 1.165) is 31.6 Å². The second-order valence-electron chi connectivity index (χ2n) is 5.42. The summed E-state index contributed by atoms with van der Waals surface area (Å²) >= 11 is 0. The van der Waals surface area contributed by atoms with Gasteiger partial charge in [-0.05, 0) is 24.4 Å². The zero-order valence-corrected chi connectivity index (χ0v) is 12.3. The van der Waals surface area contributed by atoms with Crippen LogP contribution in [-0.4, -0.2) is 36.7 Å². The Morgan fingerprint density at radius 3 is 2.80 bits per heavy atom. The van der Waals surface area contributed by atoms with Crippen LogP contribution in [0.5, 0.6) is 0 Å². The molecule has 110 valence electrons. The molecule has 1 aliphatic heterocycles. The van der Waals surface area contributed by atoms with Crippen LogP contribution in [0.4, 0.5) is 4.79 Å². The smallest absolute Gasteiger partial charge is 0.410 e. The van der Waals surface area contributed by atoms with Gasteiger partial charge >= 0.3 is 6.09 Å². The number of hydrogen-bond acceptors (Lipinski definition) is 3. The van der Waals surface area contributed by atoms with Crippen LogP contribution in [0.1, 0.15) is 25.8 Å². The number of nitrogens with one attached hydrogen (secondary N) is 1. The Hall–Kier alpha value is -1.55. The van der Waals surface area contributed by atoms with Crippen molar-refractivity contribution in [2.45, 2.75) is 32.9 Å². The van der Waals surface area contributed by atoms with E-state index in [9.17, 15) is 4.79 Å². The highest BCUT2D eigenvalue weighted by Crippen LogP contribution is 2.17. The molecule has 1 amide bonds. The third-order valence-electron chi connectivity index (χ3n) is 3.83. The van der Waals surface area contributed by atoms with Gasteiger partial charge in [-0.2, -0.15) is 0 Å². The molecule has 2 atom stereocenters. The minimum atomic E-state index is -0.198. The van der Waals surface area contributed by atoms with Crippen molar-refractivity contribution in [2.24, 2.45) is 5.92 Å². The monoisotopic (exact) mass is 276 g/mol. The Kier molecular flexibility index (Phi) is 5.41. The zero-order chi connectivity index (χ0) is 14.4. The van der Waals surface area contributed by atoms with E-state index in [-0.39, 0.29) is 6.09 Å². The molecule has 1 N–H and O–H groups in total. The van der Waals surface area contributed by atoms with Gasteiger partial charge in [-0.15, -0.1) is 0 Å². The lowest BCUT2D eigenvalue weighted by molar-refractivity contribution is 0.0737. The van der Waals surface area contributed by atoms with Crippen molar-refractivity contribution in [1.29, 1.82) is 0 Å². The maximum Gasteiger partial charge on any atom is 0.410 e. The Bertz CT molecular complexity index is 422. The number of likely N-dealkylation sites (tertiary alicyclic amines) is 1. The molecule has 0 saturated carbocycles. The van der Waals surface area contributed by atoms with Crippen LogP contribution in [0.15, 0.2) is 30.3 Å². The summed E-state index contributed by atoms with van der Waals surface area (Å²) in [6.07, 6.45) is 0.797. The van der Waals surface area contributed by atoms with Crippen LogP contribution in [0, 0.1) is 5.92 Å². The number of ether oxygens (including phenoxy) is 1. The summed E-state index contributed by atoms with van der Waals surface area (Å²) < 4.78 is 5.38. The van der Waals surface area contributed by atoms with Crippen LogP contribution in [0.3, 0.4) is 0 Å². The SMILES string of the molecule is CCNC1CCN(C(=O)OCc2ccccc2)CC1C. The average Bonchev–Trinajstić information content (AvgIpc) is 2.48. The van der Waals surface area contributed by atoms with Crippen molar-refractivity contribution in [3.8, 4) is 0 Å². The van der Waals surface area contributed by atoms with Gasteiger partial charge in [0.2, 0.25) is 0 Å². The highest BCUT2D eigenvalue weighted by Gasteiger charge is 2.28. The summed E-state index contributed by atoms with van der Waals surface area (Å²) in [5.74, 6) is 0.466. The molecule has 0 radical (unpaired) electrons. The standard InChI is InChI=1S/C16H24N2O2/c1-3-17-15-9-10-18(11-13(15)2)16(19)20-12-14-7-5-4-6-8-14/h4-8,13,15,17H,3,9-12H2,1-2H3. The van der Waals surface area contributed by atoms with E-state index < -0.39 is 0 Å². The minimum absolute atomic E-state index is 0.198. The predicted octanol–water partition coefficient (Wildman–Crippen LogP) is 2.64. The number of carbonyl (C=O) groups is 1. The number of hydrogen-bond donors (Lipinski definition) is 1. The van der Waals surface area contributed by atoms with Gasteiger partial charge in [0.1, 0.15) is 6.61 Å². The summed E-state index contributed by atoms with van der Waals surface area (Å²) in [5, 5.41) is 3.47. The fraction of sp³-hybridized carbons (Fsp3) is 0.562. The van der Waals surface area contributed by atoms with E-state index in [4.69, 9.17) is 4.74 Å². The Labute approximate surface area is 121 Å². The summed E-state index contributed by atoms with van der Waals surface area (Å²) in [6, 6.07) is 10.3. The van der Waals surface area contributed by atoms with Gasteiger partial charge in [0.05, 0.1) is 0 Å². The first kappa shape index (κ1) is 14.9. The Morgan fingerprint density at radius 1 is 1.40 bits per heavy atom. The molecule has 0 aliphatic carbocycles. The average molecular weight is 276 g/mol. The summed E-state index contributed by atoms with van der Waals surface area (Å²) in [5.41, 5.74) is 1.02. The van der Waals surface area contributed by atoms with E-state index in [1.807, 2.05) is 35.2 Å². The quantitative estimate of drug-likeness (QED) is 0.919. The molecule has 1 aromatic carbocycles. The fourth-order valence-electron chi connectivity index (χ4n) is 2.69. The maximum absolute atomic E-state index is 12.1. The number of nitrogens with zero attached hydrogens (tertiary/aromatic N) is 1. The molecule has 4 heteroatoms. The van der Waals surface area contributed by atoms with Crippen molar-refractivity contribution >= 4 is 6.09 Å². The molecule has 1 saturated heterocycles. The largest absolute Gasteiger partial charge is 0.445 e. The Balaban J connectivity index is 1.79. The van der Waals surface area contributed by atoms with Crippen molar-refractivity contribution in [3.63, 3.8) is 0 Å². The summed E-state index contributed by atoms with van der Waals surface area (Å²) in [7, 11) is 0. The second-order valence-corrected chi connectivity index (χ2v) is 5.42. The number of carbonyl (C=O) groups excluding carboxylic acids is 1. The van der Waals surface area contributed by atoms with E-state index in [2.05, 4.69) is 19.2 Å². The first-order valence-corrected chi connectivity index (χ1v) is 7.39. The molecular weight excluding hydrogens is 252 g/mol. The van der Waals surface area contributed by atoms with Crippen LogP contribution in [-0.2, 0) is 11.3 Å². The van der Waals surface area contributed by atoms with E-state index in [1.165, 1.54) is 0 Å². The van der Waals surface area contributed by atoms with Gasteiger partial charge in [0.25, 0.3) is 0 Å². The number of piperidine rings is 1. The number of rotatable bonds is 4. The summed E-state index contributed by atoms with van der Waals surface area (Å²) in [4.78, 5) is 13.9. The van der Waals surface area contributed by atoms with E-state index in [1.54, 1.807) is 0 Å². The van der Waals surface area contributed by atoms with Gasteiger partial charge in [-0.3, -0.25) is 0 Å². The lowest BCUT2D eigenvalue weighted by Crippen LogP contribution is -2.50. The molecule has 2 rings (SSSR count). The lowest BCUT2D eigenvalue weighted by atomic mass is 9.94. The lowest BCUT2D eigenvalue weighted by Gasteiger charge is -2.36. The van der Waals surface area contributed by atoms with E-state index >= 15 is 0 Å². The normalized spacial score (nSPS) is 22.6. The molecular formula is C16H24N2O2. The van der Waals surface area contributed by atoms with Crippen molar-refractivity contribution < 1.29 is 9.53 Å². The van der Waals surface area contributed by atoms with Crippen LogP contribution < -0.4 is 5.32 Å². The molecule has 0 aromatic heterocycles.